The number of likely N-dealkylation sites (N-methyl/N-ethyl adjacent to an activating group) is 1. The number of hydrogen-bond acceptors (Lipinski definition) is 2. The summed E-state index contributed by atoms with van der Waals surface area (Å²) in [6, 6.07) is 5.66. The van der Waals surface area contributed by atoms with Gasteiger partial charge in [0.05, 0.1) is 5.02 Å². The molecule has 0 aromatic heterocycles. The first-order valence-electron chi connectivity index (χ1n) is 7.02. The predicted molar refractivity (Wildman–Crippen MR) is 83.5 cm³/mol. The molecule has 1 aromatic rings. The Morgan fingerprint density at radius 3 is 2.90 bits per heavy atom. The van der Waals surface area contributed by atoms with E-state index in [0.29, 0.717) is 23.0 Å². The molecule has 1 aromatic carbocycles. The summed E-state index contributed by atoms with van der Waals surface area (Å²) in [7, 11) is 3.89. The van der Waals surface area contributed by atoms with Gasteiger partial charge in [0.15, 0.2) is 0 Å². The molecule has 1 N–H and O–H groups in total. The molecule has 0 radical (unpaired) electrons. The Morgan fingerprint density at radius 2 is 2.30 bits per heavy atom. The maximum absolute atomic E-state index is 14.7. The molecule has 1 saturated heterocycles. The predicted octanol–water partition coefficient (Wildman–Crippen LogP) is 3.71. The second-order valence-corrected chi connectivity index (χ2v) is 6.07. The van der Waals surface area contributed by atoms with Crippen molar-refractivity contribution in [3.63, 3.8) is 0 Å². The standard InChI is InChI=1S/C16H22ClFN2/c1-11-7-13(20(3)10-11)8-15(18)16-12(9-19-2)5-4-6-14(16)17/h4-6,8,11,13,19H,7,9-10H2,1-3H3/b15-8-. The molecule has 110 valence electrons. The third-order valence-corrected chi connectivity index (χ3v) is 4.17. The van der Waals surface area contributed by atoms with E-state index in [2.05, 4.69) is 17.1 Å². The van der Waals surface area contributed by atoms with Crippen LogP contribution >= 0.6 is 11.6 Å². The molecule has 0 spiro atoms. The first kappa shape index (κ1) is 15.5. The summed E-state index contributed by atoms with van der Waals surface area (Å²) in [4.78, 5) is 2.19. The monoisotopic (exact) mass is 296 g/mol. The van der Waals surface area contributed by atoms with Crippen molar-refractivity contribution in [3.8, 4) is 0 Å². The number of benzene rings is 1. The van der Waals surface area contributed by atoms with Crippen LogP contribution in [0.3, 0.4) is 0 Å². The molecule has 4 heteroatoms. The first-order chi connectivity index (χ1) is 9.52. The van der Waals surface area contributed by atoms with Gasteiger partial charge in [0.2, 0.25) is 0 Å². The highest BCUT2D eigenvalue weighted by atomic mass is 35.5. The van der Waals surface area contributed by atoms with Gasteiger partial charge in [-0.3, -0.25) is 4.90 Å². The Bertz CT molecular complexity index is 501. The quantitative estimate of drug-likeness (QED) is 0.911. The number of likely N-dealkylation sites (tertiary alicyclic amines) is 1. The fourth-order valence-electron chi connectivity index (χ4n) is 2.92. The minimum absolute atomic E-state index is 0.156. The van der Waals surface area contributed by atoms with Crippen molar-refractivity contribution in [2.75, 3.05) is 20.6 Å². The number of hydrogen-bond donors (Lipinski definition) is 1. The SMILES string of the molecule is CNCc1cccc(Cl)c1/C(F)=C/C1CC(C)CN1C. The van der Waals surface area contributed by atoms with Crippen LogP contribution in [0.4, 0.5) is 4.39 Å². The molecule has 0 amide bonds. The second kappa shape index (κ2) is 6.70. The highest BCUT2D eigenvalue weighted by Crippen LogP contribution is 2.31. The Labute approximate surface area is 125 Å². The van der Waals surface area contributed by atoms with Gasteiger partial charge in [-0.15, -0.1) is 0 Å². The summed E-state index contributed by atoms with van der Waals surface area (Å²) < 4.78 is 14.7. The molecule has 1 fully saturated rings. The maximum Gasteiger partial charge on any atom is 0.129 e. The van der Waals surface area contributed by atoms with Crippen LogP contribution in [-0.4, -0.2) is 31.6 Å². The van der Waals surface area contributed by atoms with Gasteiger partial charge in [0, 0.05) is 24.7 Å². The van der Waals surface area contributed by atoms with Crippen LogP contribution < -0.4 is 5.32 Å². The molecule has 2 unspecified atom stereocenters. The molecular weight excluding hydrogens is 275 g/mol. The van der Waals surface area contributed by atoms with E-state index in [1.54, 1.807) is 12.1 Å². The fourth-order valence-corrected chi connectivity index (χ4v) is 3.20. The van der Waals surface area contributed by atoms with Crippen LogP contribution in [0.25, 0.3) is 5.83 Å². The molecule has 0 saturated carbocycles. The summed E-state index contributed by atoms with van der Waals surface area (Å²) in [6.07, 6.45) is 2.71. The highest BCUT2D eigenvalue weighted by Gasteiger charge is 2.26. The summed E-state index contributed by atoms with van der Waals surface area (Å²) in [5.74, 6) is 0.392. The van der Waals surface area contributed by atoms with Gasteiger partial charge in [-0.05, 0) is 44.1 Å². The van der Waals surface area contributed by atoms with Gasteiger partial charge in [0.25, 0.3) is 0 Å². The van der Waals surface area contributed by atoms with Crippen LogP contribution in [-0.2, 0) is 6.54 Å². The lowest BCUT2D eigenvalue weighted by Gasteiger charge is -2.16. The zero-order chi connectivity index (χ0) is 14.7. The van der Waals surface area contributed by atoms with Crippen molar-refractivity contribution in [2.24, 2.45) is 5.92 Å². The molecule has 1 aliphatic heterocycles. The van der Waals surface area contributed by atoms with Crippen molar-refractivity contribution in [1.82, 2.24) is 10.2 Å². The molecule has 2 atom stereocenters. The fraction of sp³-hybridized carbons (Fsp3) is 0.500. The average Bonchev–Trinajstić information content (AvgIpc) is 2.68. The van der Waals surface area contributed by atoms with Crippen LogP contribution in [0, 0.1) is 5.92 Å². The molecular formula is C16H22ClFN2. The Morgan fingerprint density at radius 1 is 1.55 bits per heavy atom. The molecule has 1 heterocycles. The summed E-state index contributed by atoms with van der Waals surface area (Å²) in [6.45, 7) is 3.82. The van der Waals surface area contributed by atoms with Crippen molar-refractivity contribution in [2.45, 2.75) is 25.9 Å². The van der Waals surface area contributed by atoms with Gasteiger partial charge >= 0.3 is 0 Å². The van der Waals surface area contributed by atoms with Gasteiger partial charge < -0.3 is 5.32 Å². The van der Waals surface area contributed by atoms with Gasteiger partial charge in [0.1, 0.15) is 5.83 Å². The molecule has 0 bridgehead atoms. The van der Waals surface area contributed by atoms with Crippen molar-refractivity contribution >= 4 is 17.4 Å². The summed E-state index contributed by atoms with van der Waals surface area (Å²) in [5.41, 5.74) is 1.42. The third-order valence-electron chi connectivity index (χ3n) is 3.85. The Hall–Kier alpha value is -0.900. The molecule has 1 aliphatic rings. The smallest absolute Gasteiger partial charge is 0.129 e. The lowest BCUT2D eigenvalue weighted by atomic mass is 10.0. The summed E-state index contributed by atoms with van der Waals surface area (Å²) >= 11 is 6.19. The lowest BCUT2D eigenvalue weighted by molar-refractivity contribution is 0.350. The number of halogens is 2. The van der Waals surface area contributed by atoms with Crippen molar-refractivity contribution in [1.29, 1.82) is 0 Å². The third kappa shape index (κ3) is 3.40. The largest absolute Gasteiger partial charge is 0.316 e. The topological polar surface area (TPSA) is 15.3 Å². The Kier molecular flexibility index (Phi) is 5.19. The normalized spacial score (nSPS) is 24.4. The minimum atomic E-state index is -0.216. The van der Waals surface area contributed by atoms with E-state index >= 15 is 0 Å². The highest BCUT2D eigenvalue weighted by molar-refractivity contribution is 6.32. The number of rotatable bonds is 4. The van der Waals surface area contributed by atoms with E-state index in [9.17, 15) is 4.39 Å². The van der Waals surface area contributed by atoms with Gasteiger partial charge in [-0.1, -0.05) is 30.7 Å². The van der Waals surface area contributed by atoms with E-state index in [4.69, 9.17) is 11.6 Å². The van der Waals surface area contributed by atoms with E-state index < -0.39 is 0 Å². The lowest BCUT2D eigenvalue weighted by Crippen LogP contribution is -2.23. The number of nitrogens with zero attached hydrogens (tertiary/aromatic N) is 1. The molecule has 2 rings (SSSR count). The molecule has 2 nitrogen and oxygen atoms in total. The van der Waals surface area contributed by atoms with Crippen molar-refractivity contribution < 1.29 is 4.39 Å². The first-order valence-corrected chi connectivity index (χ1v) is 7.40. The summed E-state index contributed by atoms with van der Waals surface area (Å²) in [5, 5.41) is 3.53. The van der Waals surface area contributed by atoms with Crippen molar-refractivity contribution in [3.05, 3.63) is 40.4 Å². The average molecular weight is 297 g/mol. The van der Waals surface area contributed by atoms with Crippen LogP contribution in [0.2, 0.25) is 5.02 Å². The van der Waals surface area contributed by atoms with E-state index in [1.165, 1.54) is 0 Å². The molecule has 0 aliphatic carbocycles. The minimum Gasteiger partial charge on any atom is -0.316 e. The zero-order valence-corrected chi connectivity index (χ0v) is 13.0. The Balaban J connectivity index is 2.30. The van der Waals surface area contributed by atoms with Crippen LogP contribution in [0.15, 0.2) is 24.3 Å². The molecule has 20 heavy (non-hydrogen) atoms. The van der Waals surface area contributed by atoms with Crippen LogP contribution in [0.1, 0.15) is 24.5 Å². The van der Waals surface area contributed by atoms with E-state index in [-0.39, 0.29) is 11.9 Å². The van der Waals surface area contributed by atoms with Gasteiger partial charge in [-0.2, -0.15) is 0 Å². The number of nitrogens with one attached hydrogen (secondary N) is 1. The maximum atomic E-state index is 14.7. The van der Waals surface area contributed by atoms with E-state index in [1.807, 2.05) is 26.2 Å². The van der Waals surface area contributed by atoms with E-state index in [0.717, 1.165) is 18.5 Å². The van der Waals surface area contributed by atoms with Gasteiger partial charge in [-0.25, -0.2) is 4.39 Å². The second-order valence-electron chi connectivity index (χ2n) is 5.67. The van der Waals surface area contributed by atoms with Crippen LogP contribution in [0.5, 0.6) is 0 Å². The zero-order valence-electron chi connectivity index (χ0n) is 12.3.